The van der Waals surface area contributed by atoms with E-state index in [4.69, 9.17) is 5.10 Å². The molecule has 2 aromatic heterocycles. The van der Waals surface area contributed by atoms with Gasteiger partial charge in [0.25, 0.3) is 0 Å². The van der Waals surface area contributed by atoms with Crippen LogP contribution in [0, 0.1) is 18.3 Å². The van der Waals surface area contributed by atoms with E-state index in [9.17, 15) is 10.1 Å². The largest absolute Gasteiger partial charge is 0.349 e. The van der Waals surface area contributed by atoms with Crippen molar-refractivity contribution < 1.29 is 4.79 Å². The SMILES string of the molecule is Cc1nn(C(c2ccccc2)(c2ccccc2)c2ccccc2)c2cc(CC(=O)N[C@H](C)c3ccccc3)nc(C#N)c12. The van der Waals surface area contributed by atoms with Crippen LogP contribution in [0.3, 0.4) is 0 Å². The Hall–Kier alpha value is -5.54. The number of hydrogen-bond donors (Lipinski definition) is 1. The van der Waals surface area contributed by atoms with Crippen molar-refractivity contribution in [3.8, 4) is 6.07 Å². The first-order chi connectivity index (χ1) is 21.0. The van der Waals surface area contributed by atoms with Gasteiger partial charge in [-0.2, -0.15) is 10.4 Å². The van der Waals surface area contributed by atoms with Crippen molar-refractivity contribution in [1.29, 1.82) is 5.26 Å². The summed E-state index contributed by atoms with van der Waals surface area (Å²) in [4.78, 5) is 17.9. The zero-order valence-electron chi connectivity index (χ0n) is 24.1. The number of aromatic nitrogens is 3. The van der Waals surface area contributed by atoms with Crippen LogP contribution < -0.4 is 5.32 Å². The average molecular weight is 562 g/mol. The summed E-state index contributed by atoms with van der Waals surface area (Å²) in [5.74, 6) is -0.171. The van der Waals surface area contributed by atoms with Gasteiger partial charge in [0.2, 0.25) is 5.91 Å². The Bertz CT molecular complexity index is 1810. The van der Waals surface area contributed by atoms with Crippen LogP contribution in [0.1, 0.15) is 52.3 Å². The highest BCUT2D eigenvalue weighted by Crippen LogP contribution is 2.43. The molecule has 6 heteroatoms. The Balaban J connectivity index is 1.56. The molecule has 1 amide bonds. The van der Waals surface area contributed by atoms with Gasteiger partial charge in [-0.05, 0) is 42.2 Å². The molecule has 6 aromatic rings. The van der Waals surface area contributed by atoms with Crippen molar-refractivity contribution >= 4 is 16.8 Å². The number of benzene rings is 4. The molecule has 0 unspecified atom stereocenters. The van der Waals surface area contributed by atoms with Crippen molar-refractivity contribution in [2.75, 3.05) is 0 Å². The summed E-state index contributed by atoms with van der Waals surface area (Å²) in [6.07, 6.45) is 0.0288. The van der Waals surface area contributed by atoms with Crippen LogP contribution in [0.15, 0.2) is 127 Å². The third-order valence-electron chi connectivity index (χ3n) is 7.91. The molecule has 0 spiro atoms. The molecule has 1 N–H and O–H groups in total. The number of amides is 1. The topological polar surface area (TPSA) is 83.6 Å². The minimum Gasteiger partial charge on any atom is -0.349 e. The van der Waals surface area contributed by atoms with Crippen molar-refractivity contribution in [1.82, 2.24) is 20.1 Å². The monoisotopic (exact) mass is 561 g/mol. The van der Waals surface area contributed by atoms with Gasteiger partial charge in [-0.25, -0.2) is 9.67 Å². The molecule has 0 fully saturated rings. The lowest BCUT2D eigenvalue weighted by atomic mass is 9.77. The molecular weight excluding hydrogens is 530 g/mol. The molecule has 0 radical (unpaired) electrons. The van der Waals surface area contributed by atoms with Gasteiger partial charge in [-0.3, -0.25) is 4.79 Å². The fraction of sp³-hybridized carbons (Fsp3) is 0.135. The quantitative estimate of drug-likeness (QED) is 0.206. The summed E-state index contributed by atoms with van der Waals surface area (Å²) < 4.78 is 2.01. The summed E-state index contributed by atoms with van der Waals surface area (Å²) in [7, 11) is 0. The van der Waals surface area contributed by atoms with Gasteiger partial charge in [-0.15, -0.1) is 0 Å². The van der Waals surface area contributed by atoms with Crippen LogP contribution in [0.5, 0.6) is 0 Å². The predicted molar refractivity (Wildman–Crippen MR) is 168 cm³/mol. The Labute approximate surface area is 251 Å². The molecule has 43 heavy (non-hydrogen) atoms. The van der Waals surface area contributed by atoms with Crippen molar-refractivity contribution in [2.45, 2.75) is 31.8 Å². The lowest BCUT2D eigenvalue weighted by Crippen LogP contribution is -2.38. The molecule has 0 bridgehead atoms. The number of nitrogens with one attached hydrogen (secondary N) is 1. The van der Waals surface area contributed by atoms with Crippen LogP contribution in [-0.4, -0.2) is 20.7 Å². The highest BCUT2D eigenvalue weighted by molar-refractivity contribution is 5.89. The van der Waals surface area contributed by atoms with Crippen LogP contribution in [-0.2, 0) is 16.8 Å². The summed E-state index contributed by atoms with van der Waals surface area (Å²) in [5, 5.41) is 19.1. The average Bonchev–Trinajstić information content (AvgIpc) is 3.39. The van der Waals surface area contributed by atoms with Crippen molar-refractivity contribution in [2.24, 2.45) is 0 Å². The lowest BCUT2D eigenvalue weighted by molar-refractivity contribution is -0.121. The normalized spacial score (nSPS) is 12.0. The Morgan fingerprint density at radius 2 is 1.33 bits per heavy atom. The highest BCUT2D eigenvalue weighted by atomic mass is 16.1. The molecule has 0 saturated heterocycles. The molecular formula is C37H31N5O. The second-order valence-corrected chi connectivity index (χ2v) is 10.7. The molecule has 6 rings (SSSR count). The van der Waals surface area contributed by atoms with E-state index in [-0.39, 0.29) is 24.1 Å². The number of carbonyl (C=O) groups is 1. The highest BCUT2D eigenvalue weighted by Gasteiger charge is 2.41. The molecule has 1 atom stereocenters. The molecule has 2 heterocycles. The first-order valence-corrected chi connectivity index (χ1v) is 14.3. The molecule has 0 aliphatic heterocycles. The van der Waals surface area contributed by atoms with E-state index < -0.39 is 5.54 Å². The summed E-state index contributed by atoms with van der Waals surface area (Å²) >= 11 is 0. The fourth-order valence-corrected chi connectivity index (χ4v) is 5.97. The van der Waals surface area contributed by atoms with E-state index in [1.165, 1.54) is 0 Å². The first-order valence-electron chi connectivity index (χ1n) is 14.3. The predicted octanol–water partition coefficient (Wildman–Crippen LogP) is 6.87. The van der Waals surface area contributed by atoms with Crippen LogP contribution in [0.4, 0.5) is 0 Å². The van der Waals surface area contributed by atoms with Gasteiger partial charge >= 0.3 is 0 Å². The Kier molecular flexibility index (Phi) is 7.55. The van der Waals surface area contributed by atoms with E-state index in [2.05, 4.69) is 52.8 Å². The van der Waals surface area contributed by atoms with Crippen LogP contribution in [0.2, 0.25) is 0 Å². The van der Waals surface area contributed by atoms with Crippen molar-refractivity contribution in [3.05, 3.63) is 167 Å². The second kappa shape index (κ2) is 11.8. The van der Waals surface area contributed by atoms with Gasteiger partial charge < -0.3 is 5.32 Å². The van der Waals surface area contributed by atoms with E-state index in [1.54, 1.807) is 0 Å². The maximum Gasteiger partial charge on any atom is 0.226 e. The fourth-order valence-electron chi connectivity index (χ4n) is 5.97. The zero-order chi connectivity index (χ0) is 29.8. The molecule has 0 aliphatic carbocycles. The third kappa shape index (κ3) is 5.06. The number of rotatable bonds is 8. The summed E-state index contributed by atoms with van der Waals surface area (Å²) in [6.45, 7) is 3.86. The number of hydrogen-bond acceptors (Lipinski definition) is 4. The van der Waals surface area contributed by atoms with Crippen LogP contribution >= 0.6 is 0 Å². The summed E-state index contributed by atoms with van der Waals surface area (Å²) in [6, 6.07) is 44.7. The van der Waals surface area contributed by atoms with E-state index >= 15 is 0 Å². The summed E-state index contributed by atoms with van der Waals surface area (Å²) in [5.41, 5.74) is 5.39. The molecule has 0 saturated carbocycles. The van der Waals surface area contributed by atoms with Crippen LogP contribution in [0.25, 0.3) is 10.9 Å². The van der Waals surface area contributed by atoms with Gasteiger partial charge in [0.15, 0.2) is 5.69 Å². The number of nitrogens with zero attached hydrogens (tertiary/aromatic N) is 4. The van der Waals surface area contributed by atoms with Gasteiger partial charge in [0, 0.05) is 0 Å². The zero-order valence-corrected chi connectivity index (χ0v) is 24.1. The maximum atomic E-state index is 13.2. The molecule has 4 aromatic carbocycles. The minimum absolute atomic E-state index is 0.0288. The number of aryl methyl sites for hydroxylation is 1. The van der Waals surface area contributed by atoms with Crippen molar-refractivity contribution in [3.63, 3.8) is 0 Å². The molecule has 6 nitrogen and oxygen atoms in total. The lowest BCUT2D eigenvalue weighted by Gasteiger charge is -2.37. The molecule has 0 aliphatic rings. The van der Waals surface area contributed by atoms with Gasteiger partial charge in [0.1, 0.15) is 11.6 Å². The second-order valence-electron chi connectivity index (χ2n) is 10.7. The molecule has 210 valence electrons. The Morgan fingerprint density at radius 1 is 0.837 bits per heavy atom. The first kappa shape index (κ1) is 27.6. The Morgan fingerprint density at radius 3 is 1.81 bits per heavy atom. The number of fused-ring (bicyclic) bond motifs is 1. The van der Waals surface area contributed by atoms with Gasteiger partial charge in [-0.1, -0.05) is 121 Å². The smallest absolute Gasteiger partial charge is 0.226 e. The number of nitriles is 1. The third-order valence-corrected chi connectivity index (χ3v) is 7.91. The minimum atomic E-state index is -0.869. The number of pyridine rings is 1. The van der Waals surface area contributed by atoms with E-state index in [0.717, 1.165) is 27.8 Å². The van der Waals surface area contributed by atoms with E-state index in [0.29, 0.717) is 16.8 Å². The standard InChI is InChI=1S/C37H31N5O/c1-26(28-15-7-3-8-16-28)39-35(43)24-32-23-34-36(33(25-38)40-32)27(2)41-42(34)37(29-17-9-4-10-18-29,30-19-11-5-12-20-30)31-21-13-6-14-22-31/h3-23,26H,24H2,1-2H3,(H,39,43)/t26-/m1/s1. The van der Waals surface area contributed by atoms with E-state index in [1.807, 2.05) is 110 Å². The van der Waals surface area contributed by atoms with Gasteiger partial charge in [0.05, 0.1) is 34.8 Å². The number of carbonyl (C=O) groups excluding carboxylic acids is 1. The maximum absolute atomic E-state index is 13.2.